The SMILES string of the molecule is O=C(Nc1ccc(OC2CCCC2)cc1)Nc1ccc(N2CCC(CNC(=O)C3CCCN3C(=O)O)C2)cc1. The Morgan fingerprint density at radius 3 is 2.18 bits per heavy atom. The number of ether oxygens (including phenoxy) is 1. The van der Waals surface area contributed by atoms with E-state index in [4.69, 9.17) is 4.74 Å². The number of carbonyl (C=O) groups excluding carboxylic acids is 2. The summed E-state index contributed by atoms with van der Waals surface area (Å²) in [6.45, 7) is 2.63. The molecule has 208 valence electrons. The molecule has 10 nitrogen and oxygen atoms in total. The molecule has 2 aliphatic heterocycles. The minimum Gasteiger partial charge on any atom is -0.490 e. The Bertz CT molecular complexity index is 1150. The molecule has 0 spiro atoms. The van der Waals surface area contributed by atoms with Gasteiger partial charge in [0.2, 0.25) is 5.91 Å². The summed E-state index contributed by atoms with van der Waals surface area (Å²) in [7, 11) is 0. The zero-order chi connectivity index (χ0) is 27.2. The molecule has 4 N–H and O–H groups in total. The lowest BCUT2D eigenvalue weighted by Crippen LogP contribution is -2.46. The van der Waals surface area contributed by atoms with Gasteiger partial charge >= 0.3 is 12.1 Å². The standard InChI is InChI=1S/C29H37N5O5/c35-27(26-6-3-16-34(26)29(37)38)30-18-20-15-17-33(19-20)23-11-7-21(8-12-23)31-28(36)32-22-9-13-25(14-10-22)39-24-4-1-2-5-24/h7-14,20,24,26H,1-6,15-19H2,(H,30,35)(H,37,38)(H2,31,32,36). The number of nitrogens with zero attached hydrogens (tertiary/aromatic N) is 2. The van der Waals surface area contributed by atoms with Crippen LogP contribution in [0.1, 0.15) is 44.9 Å². The van der Waals surface area contributed by atoms with E-state index < -0.39 is 12.1 Å². The molecule has 2 atom stereocenters. The fourth-order valence-corrected chi connectivity index (χ4v) is 5.73. The molecule has 39 heavy (non-hydrogen) atoms. The zero-order valence-corrected chi connectivity index (χ0v) is 22.1. The van der Waals surface area contributed by atoms with Gasteiger partial charge in [0.25, 0.3) is 0 Å². The number of amides is 4. The highest BCUT2D eigenvalue weighted by molar-refractivity contribution is 5.99. The molecule has 2 aromatic rings. The number of carboxylic acid groups (broad SMARTS) is 1. The summed E-state index contributed by atoms with van der Waals surface area (Å²) in [4.78, 5) is 39.8. The van der Waals surface area contributed by atoms with E-state index in [1.807, 2.05) is 48.5 Å². The Hall–Kier alpha value is -3.95. The van der Waals surface area contributed by atoms with Crippen LogP contribution in [0.4, 0.5) is 26.7 Å². The molecule has 2 saturated heterocycles. The second kappa shape index (κ2) is 12.3. The van der Waals surface area contributed by atoms with Crippen molar-refractivity contribution in [1.29, 1.82) is 0 Å². The molecule has 0 radical (unpaired) electrons. The third-order valence-electron chi connectivity index (χ3n) is 7.86. The Labute approximate surface area is 228 Å². The van der Waals surface area contributed by atoms with Crippen LogP contribution in [0.5, 0.6) is 5.75 Å². The van der Waals surface area contributed by atoms with E-state index in [0.29, 0.717) is 42.9 Å². The third-order valence-corrected chi connectivity index (χ3v) is 7.86. The van der Waals surface area contributed by atoms with Gasteiger partial charge in [-0.1, -0.05) is 0 Å². The van der Waals surface area contributed by atoms with Crippen LogP contribution in [0, 0.1) is 5.92 Å². The van der Waals surface area contributed by atoms with Crippen LogP contribution in [0.2, 0.25) is 0 Å². The van der Waals surface area contributed by atoms with Crippen LogP contribution < -0.4 is 25.6 Å². The summed E-state index contributed by atoms with van der Waals surface area (Å²) < 4.78 is 5.98. The largest absolute Gasteiger partial charge is 0.490 e. The first-order chi connectivity index (χ1) is 18.9. The number of rotatable bonds is 8. The van der Waals surface area contributed by atoms with Gasteiger partial charge in [0.15, 0.2) is 0 Å². The average molecular weight is 536 g/mol. The van der Waals surface area contributed by atoms with Gasteiger partial charge in [0.05, 0.1) is 6.10 Å². The lowest BCUT2D eigenvalue weighted by Gasteiger charge is -2.22. The fourth-order valence-electron chi connectivity index (χ4n) is 5.73. The Morgan fingerprint density at radius 1 is 0.846 bits per heavy atom. The molecule has 1 aliphatic carbocycles. The summed E-state index contributed by atoms with van der Waals surface area (Å²) in [6.07, 6.45) is 6.17. The summed E-state index contributed by atoms with van der Waals surface area (Å²) in [5, 5.41) is 17.9. The molecule has 2 unspecified atom stereocenters. The predicted octanol–water partition coefficient (Wildman–Crippen LogP) is 4.74. The first kappa shape index (κ1) is 26.6. The summed E-state index contributed by atoms with van der Waals surface area (Å²) in [5.41, 5.74) is 2.45. The van der Waals surface area contributed by atoms with E-state index in [2.05, 4.69) is 20.9 Å². The fraction of sp³-hybridized carbons (Fsp3) is 0.483. The van der Waals surface area contributed by atoms with Gasteiger partial charge in [0.1, 0.15) is 11.8 Å². The van der Waals surface area contributed by atoms with Crippen molar-refractivity contribution in [2.75, 3.05) is 41.7 Å². The molecule has 3 aliphatic rings. The molecule has 3 fully saturated rings. The van der Waals surface area contributed by atoms with Gasteiger partial charge < -0.3 is 30.7 Å². The molecule has 0 aromatic heterocycles. The van der Waals surface area contributed by atoms with Crippen LogP contribution in [-0.2, 0) is 4.79 Å². The van der Waals surface area contributed by atoms with Gasteiger partial charge in [0, 0.05) is 43.2 Å². The molecule has 10 heteroatoms. The van der Waals surface area contributed by atoms with Crippen molar-refractivity contribution in [3.63, 3.8) is 0 Å². The molecule has 5 rings (SSSR count). The predicted molar refractivity (Wildman–Crippen MR) is 149 cm³/mol. The topological polar surface area (TPSA) is 123 Å². The Kier molecular flexibility index (Phi) is 8.39. The normalized spacial score (nSPS) is 21.1. The quantitative estimate of drug-likeness (QED) is 0.387. The zero-order valence-electron chi connectivity index (χ0n) is 22.1. The number of benzene rings is 2. The van der Waals surface area contributed by atoms with E-state index in [9.17, 15) is 19.5 Å². The highest BCUT2D eigenvalue weighted by Gasteiger charge is 2.34. The van der Waals surface area contributed by atoms with Crippen LogP contribution >= 0.6 is 0 Å². The molecule has 2 heterocycles. The summed E-state index contributed by atoms with van der Waals surface area (Å²) in [6, 6.07) is 14.3. The van der Waals surface area contributed by atoms with Gasteiger partial charge in [-0.3, -0.25) is 9.69 Å². The lowest BCUT2D eigenvalue weighted by molar-refractivity contribution is -0.125. The van der Waals surface area contributed by atoms with Crippen molar-refractivity contribution in [2.24, 2.45) is 5.92 Å². The molecule has 1 saturated carbocycles. The van der Waals surface area contributed by atoms with Crippen LogP contribution in [0.15, 0.2) is 48.5 Å². The number of carbonyl (C=O) groups is 3. The van der Waals surface area contributed by atoms with E-state index in [-0.39, 0.29) is 11.9 Å². The summed E-state index contributed by atoms with van der Waals surface area (Å²) >= 11 is 0. The van der Waals surface area contributed by atoms with E-state index in [1.54, 1.807) is 0 Å². The number of anilines is 3. The first-order valence-corrected chi connectivity index (χ1v) is 13.9. The van der Waals surface area contributed by atoms with Gasteiger partial charge in [-0.2, -0.15) is 0 Å². The van der Waals surface area contributed by atoms with E-state index in [0.717, 1.165) is 50.2 Å². The Balaban J connectivity index is 1.05. The lowest BCUT2D eigenvalue weighted by atomic mass is 10.1. The number of likely N-dealkylation sites (tertiary alicyclic amines) is 1. The minimum atomic E-state index is -1.03. The molecule has 2 aromatic carbocycles. The van der Waals surface area contributed by atoms with Crippen molar-refractivity contribution >= 4 is 35.1 Å². The summed E-state index contributed by atoms with van der Waals surface area (Å²) in [5.74, 6) is 0.927. The van der Waals surface area contributed by atoms with Crippen molar-refractivity contribution < 1.29 is 24.2 Å². The van der Waals surface area contributed by atoms with Gasteiger partial charge in [-0.15, -0.1) is 0 Å². The highest BCUT2D eigenvalue weighted by atomic mass is 16.5. The van der Waals surface area contributed by atoms with Gasteiger partial charge in [-0.25, -0.2) is 9.59 Å². The monoisotopic (exact) mass is 535 g/mol. The average Bonchev–Trinajstić information content (AvgIpc) is 3.71. The highest BCUT2D eigenvalue weighted by Crippen LogP contribution is 2.27. The van der Waals surface area contributed by atoms with Crippen LogP contribution in [0.25, 0.3) is 0 Å². The van der Waals surface area contributed by atoms with Crippen molar-refractivity contribution in [3.8, 4) is 5.75 Å². The van der Waals surface area contributed by atoms with Gasteiger partial charge in [-0.05, 0) is 99.4 Å². The number of nitrogens with one attached hydrogen (secondary N) is 3. The van der Waals surface area contributed by atoms with E-state index in [1.165, 1.54) is 17.7 Å². The van der Waals surface area contributed by atoms with Crippen molar-refractivity contribution in [3.05, 3.63) is 48.5 Å². The maximum Gasteiger partial charge on any atom is 0.407 e. The molecule has 0 bridgehead atoms. The maximum atomic E-state index is 12.5. The van der Waals surface area contributed by atoms with Crippen molar-refractivity contribution in [2.45, 2.75) is 57.1 Å². The first-order valence-electron chi connectivity index (χ1n) is 13.9. The number of hydrogen-bond donors (Lipinski definition) is 4. The molecule has 4 amide bonds. The molecular weight excluding hydrogens is 498 g/mol. The number of urea groups is 1. The smallest absolute Gasteiger partial charge is 0.407 e. The Morgan fingerprint density at radius 2 is 1.51 bits per heavy atom. The van der Waals surface area contributed by atoms with Crippen LogP contribution in [-0.4, -0.2) is 66.4 Å². The second-order valence-corrected chi connectivity index (χ2v) is 10.7. The molecular formula is C29H37N5O5. The minimum absolute atomic E-state index is 0.199. The third kappa shape index (κ3) is 6.93. The van der Waals surface area contributed by atoms with E-state index >= 15 is 0 Å². The maximum absolute atomic E-state index is 12.5. The van der Waals surface area contributed by atoms with Crippen molar-refractivity contribution in [1.82, 2.24) is 10.2 Å². The second-order valence-electron chi connectivity index (χ2n) is 10.7. The number of hydrogen-bond acceptors (Lipinski definition) is 5. The van der Waals surface area contributed by atoms with Crippen LogP contribution in [0.3, 0.4) is 0 Å².